The Bertz CT molecular complexity index is 265. The second kappa shape index (κ2) is 7.55. The number of rotatable bonds is 5. The van der Waals surface area contributed by atoms with Gasteiger partial charge in [-0.05, 0) is 24.7 Å². The number of allylic oxidation sites excluding steroid dienone is 1. The molecule has 1 aliphatic rings. The van der Waals surface area contributed by atoms with Crippen LogP contribution >= 0.6 is 11.8 Å². The molecule has 1 aliphatic carbocycles. The van der Waals surface area contributed by atoms with E-state index in [9.17, 15) is 4.79 Å². The van der Waals surface area contributed by atoms with Crippen molar-refractivity contribution in [2.45, 2.75) is 43.8 Å². The van der Waals surface area contributed by atoms with Gasteiger partial charge in [0.2, 0.25) is 0 Å². The highest BCUT2D eigenvalue weighted by Crippen LogP contribution is 2.30. The minimum Gasteiger partial charge on any atom is -0.466 e. The largest absolute Gasteiger partial charge is 0.466 e. The molecule has 0 N–H and O–H groups in total. The molecule has 0 heterocycles. The van der Waals surface area contributed by atoms with Crippen LogP contribution in [0.1, 0.15) is 38.5 Å². The van der Waals surface area contributed by atoms with Crippen LogP contribution < -0.4 is 0 Å². The normalized spacial score (nSPS) is 18.2. The van der Waals surface area contributed by atoms with Gasteiger partial charge in [-0.25, -0.2) is 4.79 Å². The van der Waals surface area contributed by atoms with Crippen molar-refractivity contribution in [2.24, 2.45) is 0 Å². The van der Waals surface area contributed by atoms with Crippen molar-refractivity contribution in [3.8, 4) is 0 Å². The van der Waals surface area contributed by atoms with Crippen LogP contribution in [0.5, 0.6) is 0 Å². The molecule has 0 atom stereocenters. The molecule has 0 spiro atoms. The van der Waals surface area contributed by atoms with Crippen LogP contribution in [0.15, 0.2) is 23.6 Å². The number of hydrogen-bond acceptors (Lipinski definition) is 3. The Labute approximate surface area is 102 Å². The smallest absolute Gasteiger partial charge is 0.334 e. The molecule has 0 amide bonds. The Balaban J connectivity index is 2.48. The first-order chi connectivity index (χ1) is 7.77. The Morgan fingerprint density at radius 1 is 1.44 bits per heavy atom. The molecular weight excluding hydrogens is 220 g/mol. The van der Waals surface area contributed by atoms with Crippen molar-refractivity contribution in [2.75, 3.05) is 7.11 Å². The van der Waals surface area contributed by atoms with Gasteiger partial charge in [-0.2, -0.15) is 0 Å². The summed E-state index contributed by atoms with van der Waals surface area (Å²) in [5.74, 6) is -0.233. The van der Waals surface area contributed by atoms with Crippen LogP contribution in [0.25, 0.3) is 0 Å². The number of hydrogen-bond donors (Lipinski definition) is 0. The van der Waals surface area contributed by atoms with Crippen LogP contribution in [0.2, 0.25) is 0 Å². The summed E-state index contributed by atoms with van der Waals surface area (Å²) in [5.41, 5.74) is 0.716. The van der Waals surface area contributed by atoms with Gasteiger partial charge in [0.25, 0.3) is 0 Å². The average molecular weight is 240 g/mol. The van der Waals surface area contributed by atoms with E-state index in [4.69, 9.17) is 4.74 Å². The van der Waals surface area contributed by atoms with Gasteiger partial charge in [-0.15, -0.1) is 18.3 Å². The van der Waals surface area contributed by atoms with E-state index in [1.54, 1.807) is 17.8 Å². The van der Waals surface area contributed by atoms with E-state index in [0.29, 0.717) is 17.2 Å². The van der Waals surface area contributed by atoms with E-state index in [1.165, 1.54) is 39.2 Å². The maximum Gasteiger partial charge on any atom is 0.334 e. The molecule has 0 aromatic heterocycles. The predicted molar refractivity (Wildman–Crippen MR) is 69.4 cm³/mol. The Morgan fingerprint density at radius 3 is 2.69 bits per heavy atom. The van der Waals surface area contributed by atoms with Gasteiger partial charge in [0.1, 0.15) is 0 Å². The lowest BCUT2D eigenvalue weighted by Crippen LogP contribution is -2.08. The summed E-state index contributed by atoms with van der Waals surface area (Å²) < 4.78 is 4.74. The van der Waals surface area contributed by atoms with Crippen molar-refractivity contribution in [1.82, 2.24) is 0 Å². The standard InChI is InChI=1S/C13H20O2S/c1-3-7-11(13(14)15-2)10-16-12-8-5-4-6-9-12/h3,10,12H,1,4-9H2,2H3/b11-10+. The van der Waals surface area contributed by atoms with Gasteiger partial charge in [-0.1, -0.05) is 25.3 Å². The molecule has 2 nitrogen and oxygen atoms in total. The first-order valence-electron chi connectivity index (χ1n) is 5.81. The molecular formula is C13H20O2S. The Morgan fingerprint density at radius 2 is 2.12 bits per heavy atom. The maximum atomic E-state index is 11.4. The van der Waals surface area contributed by atoms with Crippen molar-refractivity contribution >= 4 is 17.7 Å². The third kappa shape index (κ3) is 4.44. The quantitative estimate of drug-likeness (QED) is 0.416. The average Bonchev–Trinajstić information content (AvgIpc) is 2.34. The number of thioether (sulfide) groups is 1. The Hall–Kier alpha value is -0.700. The van der Waals surface area contributed by atoms with Crippen molar-refractivity contribution in [3.63, 3.8) is 0 Å². The summed E-state index contributed by atoms with van der Waals surface area (Å²) in [5, 5.41) is 2.64. The summed E-state index contributed by atoms with van der Waals surface area (Å²) in [6, 6.07) is 0. The molecule has 0 radical (unpaired) electrons. The van der Waals surface area contributed by atoms with Gasteiger partial charge in [0.05, 0.1) is 7.11 Å². The summed E-state index contributed by atoms with van der Waals surface area (Å²) >= 11 is 1.78. The molecule has 0 unspecified atom stereocenters. The summed E-state index contributed by atoms with van der Waals surface area (Å²) in [7, 11) is 1.42. The molecule has 0 aliphatic heterocycles. The number of carbonyl (C=O) groups excluding carboxylic acids is 1. The molecule has 0 bridgehead atoms. The van der Waals surface area contributed by atoms with E-state index in [1.807, 2.05) is 5.41 Å². The lowest BCUT2D eigenvalue weighted by Gasteiger charge is -2.19. The maximum absolute atomic E-state index is 11.4. The highest BCUT2D eigenvalue weighted by Gasteiger charge is 2.14. The number of esters is 1. The van der Waals surface area contributed by atoms with Crippen molar-refractivity contribution < 1.29 is 9.53 Å². The molecule has 1 rings (SSSR count). The van der Waals surface area contributed by atoms with E-state index in [2.05, 4.69) is 6.58 Å². The van der Waals surface area contributed by atoms with Crippen molar-refractivity contribution in [3.05, 3.63) is 23.6 Å². The molecule has 0 aromatic rings. The fraction of sp³-hybridized carbons (Fsp3) is 0.615. The predicted octanol–water partition coefficient (Wildman–Crippen LogP) is 3.69. The minimum atomic E-state index is -0.233. The fourth-order valence-corrected chi connectivity index (χ4v) is 3.00. The van der Waals surface area contributed by atoms with Crippen molar-refractivity contribution in [1.29, 1.82) is 0 Å². The number of methoxy groups -OCH3 is 1. The fourth-order valence-electron chi connectivity index (χ4n) is 1.85. The lowest BCUT2D eigenvalue weighted by molar-refractivity contribution is -0.136. The van der Waals surface area contributed by atoms with E-state index in [-0.39, 0.29) is 5.97 Å². The summed E-state index contributed by atoms with van der Waals surface area (Å²) in [4.78, 5) is 11.4. The number of ether oxygens (including phenoxy) is 1. The SMILES string of the molecule is C=CC/C(=C\SC1CCCCC1)C(=O)OC. The van der Waals surface area contributed by atoms with E-state index >= 15 is 0 Å². The van der Waals surface area contributed by atoms with Crippen LogP contribution in [0.3, 0.4) is 0 Å². The Kier molecular flexibility index (Phi) is 6.31. The molecule has 90 valence electrons. The van der Waals surface area contributed by atoms with Crippen LogP contribution in [-0.2, 0) is 9.53 Å². The van der Waals surface area contributed by atoms with Gasteiger partial charge in [0.15, 0.2) is 0 Å². The topological polar surface area (TPSA) is 26.3 Å². The second-order valence-electron chi connectivity index (χ2n) is 4.02. The van der Waals surface area contributed by atoms with Crippen LogP contribution in [0.4, 0.5) is 0 Å². The molecule has 0 saturated heterocycles. The highest BCUT2D eigenvalue weighted by atomic mass is 32.2. The molecule has 1 fully saturated rings. The van der Waals surface area contributed by atoms with Gasteiger partial charge in [-0.3, -0.25) is 0 Å². The molecule has 3 heteroatoms. The zero-order valence-corrected chi connectivity index (χ0v) is 10.7. The first-order valence-corrected chi connectivity index (χ1v) is 6.76. The third-order valence-corrected chi connectivity index (χ3v) is 4.04. The summed E-state index contributed by atoms with van der Waals surface area (Å²) in [6.45, 7) is 3.65. The molecule has 0 aromatic carbocycles. The molecule has 16 heavy (non-hydrogen) atoms. The second-order valence-corrected chi connectivity index (χ2v) is 5.20. The van der Waals surface area contributed by atoms with Gasteiger partial charge < -0.3 is 4.74 Å². The number of carbonyl (C=O) groups is 1. The highest BCUT2D eigenvalue weighted by molar-refractivity contribution is 8.02. The monoisotopic (exact) mass is 240 g/mol. The zero-order valence-electron chi connectivity index (χ0n) is 9.91. The minimum absolute atomic E-state index is 0.233. The molecule has 1 saturated carbocycles. The van der Waals surface area contributed by atoms with E-state index < -0.39 is 0 Å². The summed E-state index contributed by atoms with van der Waals surface area (Å²) in [6.07, 6.45) is 8.86. The first kappa shape index (κ1) is 13.4. The van der Waals surface area contributed by atoms with Gasteiger partial charge >= 0.3 is 5.97 Å². The van der Waals surface area contributed by atoms with Crippen LogP contribution in [0, 0.1) is 0 Å². The van der Waals surface area contributed by atoms with Crippen LogP contribution in [-0.4, -0.2) is 18.3 Å². The zero-order chi connectivity index (χ0) is 11.8. The third-order valence-electron chi connectivity index (χ3n) is 2.77. The van der Waals surface area contributed by atoms with E-state index in [0.717, 1.165) is 0 Å². The van der Waals surface area contributed by atoms with Gasteiger partial charge in [0, 0.05) is 10.8 Å². The lowest BCUT2D eigenvalue weighted by atomic mass is 10.0.